The minimum absolute atomic E-state index is 0.0853. The second kappa shape index (κ2) is 4.96. The summed E-state index contributed by atoms with van der Waals surface area (Å²) < 4.78 is 13.2. The van der Waals surface area contributed by atoms with Gasteiger partial charge in [0.2, 0.25) is 0 Å². The number of hydrogen-bond donors (Lipinski definition) is 2. The summed E-state index contributed by atoms with van der Waals surface area (Å²) in [5.74, 6) is 0. The van der Waals surface area contributed by atoms with Crippen molar-refractivity contribution in [1.82, 2.24) is 15.1 Å². The van der Waals surface area contributed by atoms with Gasteiger partial charge in [-0.3, -0.25) is 4.68 Å². The molecule has 1 aromatic heterocycles. The molecule has 2 bridgehead atoms. The van der Waals surface area contributed by atoms with E-state index >= 15 is 0 Å². The lowest BCUT2D eigenvalue weighted by Gasteiger charge is -2.42. The highest BCUT2D eigenvalue weighted by Crippen LogP contribution is 2.36. The first-order valence-electron chi connectivity index (χ1n) is 7.13. The fourth-order valence-electron chi connectivity index (χ4n) is 3.21. The Labute approximate surface area is 122 Å². The topological polar surface area (TPSA) is 68.5 Å². The molecule has 3 aliphatic rings. The maximum atomic E-state index is 10.7. The third-order valence-electron chi connectivity index (χ3n) is 4.54. The van der Waals surface area contributed by atoms with E-state index in [2.05, 4.69) is 10.4 Å². The van der Waals surface area contributed by atoms with Crippen molar-refractivity contribution in [1.29, 1.82) is 0 Å². The van der Waals surface area contributed by atoms with E-state index in [1.807, 2.05) is 0 Å². The number of halogens is 1. The predicted octanol–water partition coefficient (Wildman–Crippen LogP) is 0.704. The van der Waals surface area contributed by atoms with Crippen molar-refractivity contribution in [3.8, 4) is 0 Å². The number of rotatable bonds is 3. The van der Waals surface area contributed by atoms with Gasteiger partial charge in [0.1, 0.15) is 12.1 Å². The molecule has 1 aromatic rings. The van der Waals surface area contributed by atoms with Gasteiger partial charge < -0.3 is 19.9 Å². The first-order valence-corrected chi connectivity index (χ1v) is 7.51. The Kier molecular flexibility index (Phi) is 3.23. The van der Waals surface area contributed by atoms with Gasteiger partial charge in [0.15, 0.2) is 6.29 Å². The van der Waals surface area contributed by atoms with E-state index in [4.69, 9.17) is 21.1 Å². The molecule has 6 nitrogen and oxygen atoms in total. The van der Waals surface area contributed by atoms with Crippen molar-refractivity contribution in [3.05, 3.63) is 17.4 Å². The summed E-state index contributed by atoms with van der Waals surface area (Å²) in [5, 5.41) is 19.0. The lowest BCUT2D eigenvalue weighted by atomic mass is 9.89. The molecule has 2 aliphatic heterocycles. The quantitative estimate of drug-likeness (QED) is 0.860. The minimum atomic E-state index is -0.599. The third-order valence-corrected chi connectivity index (χ3v) is 4.73. The molecule has 0 spiro atoms. The van der Waals surface area contributed by atoms with Crippen LogP contribution in [0.25, 0.3) is 0 Å². The second-order valence-electron chi connectivity index (χ2n) is 5.82. The van der Waals surface area contributed by atoms with Crippen molar-refractivity contribution >= 4 is 11.6 Å². The van der Waals surface area contributed by atoms with Crippen molar-refractivity contribution in [3.63, 3.8) is 0 Å². The second-order valence-corrected chi connectivity index (χ2v) is 6.25. The summed E-state index contributed by atoms with van der Waals surface area (Å²) in [6.45, 7) is 0.512. The summed E-state index contributed by atoms with van der Waals surface area (Å²) >= 11 is 5.92. The third kappa shape index (κ3) is 2.07. The number of aromatic nitrogens is 2. The van der Waals surface area contributed by atoms with E-state index in [0.717, 1.165) is 0 Å². The highest BCUT2D eigenvalue weighted by atomic mass is 35.5. The summed E-state index contributed by atoms with van der Waals surface area (Å²) in [7, 11) is 0. The van der Waals surface area contributed by atoms with Gasteiger partial charge in [0.05, 0.1) is 30.0 Å². The highest BCUT2D eigenvalue weighted by molar-refractivity contribution is 6.30. The SMILES string of the molecule is O[C@H]1[C@H](NC2CCC2)[C@H]2CO[C@H](O2)[C@@H]1n1cc(Cl)cn1. The first kappa shape index (κ1) is 13.0. The zero-order valence-electron chi connectivity index (χ0n) is 11.0. The maximum absolute atomic E-state index is 10.7. The summed E-state index contributed by atoms with van der Waals surface area (Å²) in [6, 6.07) is 0.00288. The number of ether oxygens (including phenoxy) is 2. The summed E-state index contributed by atoms with van der Waals surface area (Å²) in [5.41, 5.74) is 0. The van der Waals surface area contributed by atoms with Gasteiger partial charge in [-0.1, -0.05) is 18.0 Å². The zero-order chi connectivity index (χ0) is 13.7. The predicted molar refractivity (Wildman–Crippen MR) is 71.5 cm³/mol. The molecule has 1 saturated carbocycles. The van der Waals surface area contributed by atoms with Crippen LogP contribution in [0.4, 0.5) is 0 Å². The monoisotopic (exact) mass is 299 g/mol. The average Bonchev–Trinajstić information content (AvgIpc) is 2.96. The minimum Gasteiger partial charge on any atom is -0.389 e. The molecule has 2 saturated heterocycles. The van der Waals surface area contributed by atoms with Crippen LogP contribution in [0.5, 0.6) is 0 Å². The maximum Gasteiger partial charge on any atom is 0.183 e. The molecule has 110 valence electrons. The van der Waals surface area contributed by atoms with E-state index in [0.29, 0.717) is 17.7 Å². The number of fused-ring (bicyclic) bond motifs is 2. The smallest absolute Gasteiger partial charge is 0.183 e. The molecular formula is C13H18ClN3O3. The number of aliphatic hydroxyl groups is 1. The van der Waals surface area contributed by atoms with E-state index in [1.165, 1.54) is 19.3 Å². The van der Waals surface area contributed by atoms with Gasteiger partial charge in [0.25, 0.3) is 0 Å². The molecule has 1 aliphatic carbocycles. The van der Waals surface area contributed by atoms with Crippen LogP contribution in [0, 0.1) is 0 Å². The van der Waals surface area contributed by atoms with Gasteiger partial charge in [-0.15, -0.1) is 0 Å². The molecule has 0 unspecified atom stereocenters. The molecule has 4 rings (SSSR count). The van der Waals surface area contributed by atoms with Crippen molar-refractivity contribution < 1.29 is 14.6 Å². The lowest BCUT2D eigenvalue weighted by Crippen LogP contribution is -2.60. The van der Waals surface area contributed by atoms with Crippen LogP contribution in [-0.4, -0.2) is 52.1 Å². The van der Waals surface area contributed by atoms with E-state index in [1.54, 1.807) is 17.1 Å². The van der Waals surface area contributed by atoms with E-state index in [-0.39, 0.29) is 18.2 Å². The molecule has 0 radical (unpaired) electrons. The Bertz CT molecular complexity index is 493. The zero-order valence-corrected chi connectivity index (χ0v) is 11.7. The first-order chi connectivity index (χ1) is 9.72. The van der Waals surface area contributed by atoms with Gasteiger partial charge in [-0.25, -0.2) is 0 Å². The van der Waals surface area contributed by atoms with E-state index < -0.39 is 12.4 Å². The molecule has 3 fully saturated rings. The standard InChI is InChI=1S/C13H18ClN3O3/c14-7-4-15-17(5-7)11-12(18)10(16-8-2-1-3-8)9-6-19-13(11)20-9/h4-5,8-13,16,18H,1-3,6H2/t9-,10-,11-,12+,13-/m1/s1. The highest BCUT2D eigenvalue weighted by Gasteiger charge is 2.51. The fraction of sp³-hybridized carbons (Fsp3) is 0.769. The van der Waals surface area contributed by atoms with Crippen LogP contribution in [-0.2, 0) is 9.47 Å². The van der Waals surface area contributed by atoms with E-state index in [9.17, 15) is 5.11 Å². The Morgan fingerprint density at radius 1 is 1.45 bits per heavy atom. The fourth-order valence-corrected chi connectivity index (χ4v) is 3.36. The van der Waals surface area contributed by atoms with Crippen LogP contribution in [0.2, 0.25) is 5.02 Å². The van der Waals surface area contributed by atoms with Gasteiger partial charge in [-0.2, -0.15) is 5.10 Å². The number of hydrogen-bond acceptors (Lipinski definition) is 5. The van der Waals surface area contributed by atoms with Crippen LogP contribution < -0.4 is 5.32 Å². The molecule has 5 atom stereocenters. The Morgan fingerprint density at radius 2 is 2.30 bits per heavy atom. The molecule has 0 aromatic carbocycles. The summed E-state index contributed by atoms with van der Waals surface area (Å²) in [6.07, 6.45) is 5.70. The molecule has 3 heterocycles. The molecule has 7 heteroatoms. The van der Waals surface area contributed by atoms with Crippen molar-refractivity contribution in [2.45, 2.75) is 55.9 Å². The Balaban J connectivity index is 1.58. The normalized spacial score (nSPS) is 40.8. The average molecular weight is 300 g/mol. The van der Waals surface area contributed by atoms with Crippen LogP contribution >= 0.6 is 11.6 Å². The van der Waals surface area contributed by atoms with Crippen LogP contribution in [0.15, 0.2) is 12.4 Å². The molecule has 2 N–H and O–H groups in total. The number of nitrogens with zero attached hydrogens (tertiary/aromatic N) is 2. The molecular weight excluding hydrogens is 282 g/mol. The Morgan fingerprint density at radius 3 is 2.95 bits per heavy atom. The van der Waals surface area contributed by atoms with Crippen LogP contribution in [0.3, 0.4) is 0 Å². The summed E-state index contributed by atoms with van der Waals surface area (Å²) in [4.78, 5) is 0. The largest absolute Gasteiger partial charge is 0.389 e. The Hall–Kier alpha value is -0.660. The number of nitrogens with one attached hydrogen (secondary N) is 1. The van der Waals surface area contributed by atoms with Crippen LogP contribution in [0.1, 0.15) is 25.3 Å². The lowest BCUT2D eigenvalue weighted by molar-refractivity contribution is -0.169. The molecule has 20 heavy (non-hydrogen) atoms. The van der Waals surface area contributed by atoms with Crippen molar-refractivity contribution in [2.24, 2.45) is 0 Å². The molecule has 0 amide bonds. The van der Waals surface area contributed by atoms with Gasteiger partial charge in [-0.05, 0) is 12.8 Å². The van der Waals surface area contributed by atoms with Gasteiger partial charge >= 0.3 is 0 Å². The van der Waals surface area contributed by atoms with Crippen molar-refractivity contribution in [2.75, 3.05) is 6.61 Å². The van der Waals surface area contributed by atoms with Gasteiger partial charge in [0, 0.05) is 12.2 Å². The number of aliphatic hydroxyl groups excluding tert-OH is 1.